The van der Waals surface area contributed by atoms with Gasteiger partial charge in [-0.1, -0.05) is 66.7 Å². The molecule has 8 heteroatoms. The van der Waals surface area contributed by atoms with E-state index in [1.54, 1.807) is 48.5 Å². The van der Waals surface area contributed by atoms with Crippen molar-refractivity contribution in [2.75, 3.05) is 0 Å². The molecule has 1 aliphatic heterocycles. The predicted octanol–water partition coefficient (Wildman–Crippen LogP) is 8.68. The third-order valence-corrected chi connectivity index (χ3v) is 10.3. The average Bonchev–Trinajstić information content (AvgIpc) is 3.21. The second kappa shape index (κ2) is 9.24. The molecule has 1 aliphatic rings. The Morgan fingerprint density at radius 3 is 1.20 bits per heavy atom. The molecular weight excluding hydrogens is 545 g/mol. The maximum Gasteiger partial charge on any atom is 0.416 e. The Balaban J connectivity index is 1.51. The summed E-state index contributed by atoms with van der Waals surface area (Å²) in [7, 11) is -3.28. The summed E-state index contributed by atoms with van der Waals surface area (Å²) in [6.07, 6.45) is -8.90. The standard InChI is InChI=1S/C32H19F6OP/c33-31(34,35)24-12-6-20(7-13-24)22-10-16-29-27(18-22)28-19-23(21-8-14-25(15-9-21)32(36,37)38)11-17-30(28)40(29,39)26-4-2-1-3-5-26/h1-19H. The van der Waals surface area contributed by atoms with Gasteiger partial charge < -0.3 is 4.57 Å². The number of hydrogen-bond acceptors (Lipinski definition) is 1. The Labute approximate surface area is 226 Å². The summed E-state index contributed by atoms with van der Waals surface area (Å²) >= 11 is 0. The summed E-state index contributed by atoms with van der Waals surface area (Å²) in [5, 5.41) is 1.85. The molecule has 1 nitrogen and oxygen atoms in total. The van der Waals surface area contributed by atoms with E-state index in [1.165, 1.54) is 24.3 Å². The molecule has 6 rings (SSSR count). The Morgan fingerprint density at radius 1 is 0.450 bits per heavy atom. The van der Waals surface area contributed by atoms with Crippen molar-refractivity contribution in [3.63, 3.8) is 0 Å². The summed E-state index contributed by atoms with van der Waals surface area (Å²) in [5.74, 6) is 0. The highest BCUT2D eigenvalue weighted by atomic mass is 31.2. The van der Waals surface area contributed by atoms with Crippen LogP contribution in [0.25, 0.3) is 33.4 Å². The quantitative estimate of drug-likeness (QED) is 0.155. The second-order valence-corrected chi connectivity index (χ2v) is 12.3. The van der Waals surface area contributed by atoms with Crippen molar-refractivity contribution in [3.8, 4) is 33.4 Å². The lowest BCUT2D eigenvalue weighted by atomic mass is 9.95. The van der Waals surface area contributed by atoms with Gasteiger partial charge >= 0.3 is 12.4 Å². The van der Waals surface area contributed by atoms with E-state index < -0.39 is 30.6 Å². The Bertz CT molecular complexity index is 1660. The van der Waals surface area contributed by atoms with E-state index in [9.17, 15) is 30.9 Å². The lowest BCUT2D eigenvalue weighted by Gasteiger charge is -2.16. The predicted molar refractivity (Wildman–Crippen MR) is 146 cm³/mol. The third kappa shape index (κ3) is 4.35. The SMILES string of the molecule is O=P1(c2ccccc2)c2ccc(-c3ccc(C(F)(F)F)cc3)cc2-c2cc(-c3ccc(C(F)(F)F)cc3)ccc21. The van der Waals surface area contributed by atoms with Crippen molar-refractivity contribution < 1.29 is 30.9 Å². The van der Waals surface area contributed by atoms with Crippen molar-refractivity contribution in [1.82, 2.24) is 0 Å². The lowest BCUT2D eigenvalue weighted by Crippen LogP contribution is -2.20. The van der Waals surface area contributed by atoms with Crippen LogP contribution in [0.3, 0.4) is 0 Å². The average molecular weight is 564 g/mol. The molecule has 1 heterocycles. The largest absolute Gasteiger partial charge is 0.416 e. The number of fused-ring (bicyclic) bond motifs is 3. The number of benzene rings is 5. The zero-order valence-corrected chi connectivity index (χ0v) is 21.5. The zero-order valence-electron chi connectivity index (χ0n) is 20.6. The van der Waals surface area contributed by atoms with Crippen molar-refractivity contribution >= 4 is 23.1 Å². The fourth-order valence-electron chi connectivity index (χ4n) is 5.16. The maximum absolute atomic E-state index is 14.8. The van der Waals surface area contributed by atoms with Gasteiger partial charge in [0.2, 0.25) is 0 Å². The van der Waals surface area contributed by atoms with E-state index in [0.717, 1.165) is 24.3 Å². The Hall–Kier alpha value is -4.09. The van der Waals surface area contributed by atoms with E-state index in [4.69, 9.17) is 0 Å². The van der Waals surface area contributed by atoms with Gasteiger partial charge in [0.15, 0.2) is 7.14 Å². The van der Waals surface area contributed by atoms with Crippen LogP contribution in [0.1, 0.15) is 11.1 Å². The van der Waals surface area contributed by atoms with Gasteiger partial charge in [-0.3, -0.25) is 0 Å². The molecule has 0 unspecified atom stereocenters. The fourth-order valence-corrected chi connectivity index (χ4v) is 8.19. The van der Waals surface area contributed by atoms with Gasteiger partial charge in [0.05, 0.1) is 11.1 Å². The first-order chi connectivity index (χ1) is 19.0. The summed E-state index contributed by atoms with van der Waals surface area (Å²) in [6.45, 7) is 0. The van der Waals surface area contributed by atoms with Crippen LogP contribution in [0.4, 0.5) is 26.3 Å². The molecule has 40 heavy (non-hydrogen) atoms. The molecule has 0 saturated carbocycles. The Morgan fingerprint density at radius 2 is 0.825 bits per heavy atom. The van der Waals surface area contributed by atoms with E-state index >= 15 is 0 Å². The molecule has 0 aromatic heterocycles. The van der Waals surface area contributed by atoms with Crippen LogP contribution >= 0.6 is 7.14 Å². The molecule has 0 spiro atoms. The second-order valence-electron chi connectivity index (χ2n) is 9.56. The molecule has 200 valence electrons. The molecule has 5 aromatic rings. The highest BCUT2D eigenvalue weighted by Crippen LogP contribution is 2.53. The minimum Gasteiger partial charge on any atom is -0.309 e. The fraction of sp³-hybridized carbons (Fsp3) is 0.0625. The van der Waals surface area contributed by atoms with Crippen LogP contribution in [-0.4, -0.2) is 0 Å². The Kier molecular flexibility index (Phi) is 6.04. The van der Waals surface area contributed by atoms with E-state index in [2.05, 4.69) is 0 Å². The smallest absolute Gasteiger partial charge is 0.309 e. The van der Waals surface area contributed by atoms with Crippen molar-refractivity contribution in [3.05, 3.63) is 126 Å². The topological polar surface area (TPSA) is 17.1 Å². The maximum atomic E-state index is 14.8. The summed E-state index contributed by atoms with van der Waals surface area (Å²) in [6, 6.07) is 29.4. The molecule has 0 fully saturated rings. The van der Waals surface area contributed by atoms with Crippen LogP contribution in [0.2, 0.25) is 0 Å². The van der Waals surface area contributed by atoms with Gasteiger partial charge in [0.25, 0.3) is 0 Å². The van der Waals surface area contributed by atoms with Gasteiger partial charge in [-0.05, 0) is 81.9 Å². The summed E-state index contributed by atoms with van der Waals surface area (Å²) < 4.78 is 93.3. The third-order valence-electron chi connectivity index (χ3n) is 7.17. The van der Waals surface area contributed by atoms with Gasteiger partial charge in [-0.25, -0.2) is 0 Å². The van der Waals surface area contributed by atoms with Crippen molar-refractivity contribution in [2.45, 2.75) is 12.4 Å². The van der Waals surface area contributed by atoms with Gasteiger partial charge in [0, 0.05) is 15.9 Å². The number of alkyl halides is 6. The normalized spacial score (nSPS) is 14.1. The van der Waals surface area contributed by atoms with Crippen molar-refractivity contribution in [1.29, 1.82) is 0 Å². The van der Waals surface area contributed by atoms with Gasteiger partial charge in [-0.2, -0.15) is 26.3 Å². The number of rotatable bonds is 3. The molecule has 0 saturated heterocycles. The van der Waals surface area contributed by atoms with Crippen molar-refractivity contribution in [2.24, 2.45) is 0 Å². The van der Waals surface area contributed by atoms with Crippen LogP contribution in [-0.2, 0) is 16.9 Å². The number of halogens is 6. The molecule has 0 atom stereocenters. The molecule has 0 amide bonds. The van der Waals surface area contributed by atoms with Crippen LogP contribution in [0.5, 0.6) is 0 Å². The lowest BCUT2D eigenvalue weighted by molar-refractivity contribution is -0.138. The first-order valence-corrected chi connectivity index (χ1v) is 14.0. The van der Waals surface area contributed by atoms with Crippen LogP contribution in [0, 0.1) is 0 Å². The summed E-state index contributed by atoms with van der Waals surface area (Å²) in [4.78, 5) is 0. The molecule has 5 aromatic carbocycles. The highest BCUT2D eigenvalue weighted by molar-refractivity contribution is 7.86. The minimum absolute atomic E-state index is 0.567. The van der Waals surface area contributed by atoms with Crippen LogP contribution < -0.4 is 15.9 Å². The van der Waals surface area contributed by atoms with Gasteiger partial charge in [0.1, 0.15) is 0 Å². The summed E-state index contributed by atoms with van der Waals surface area (Å²) in [5.41, 5.74) is 2.28. The first-order valence-electron chi connectivity index (χ1n) is 12.3. The first kappa shape index (κ1) is 26.1. The molecule has 0 N–H and O–H groups in total. The monoisotopic (exact) mass is 564 g/mol. The van der Waals surface area contributed by atoms with E-state index in [0.29, 0.717) is 49.3 Å². The zero-order chi connectivity index (χ0) is 28.3. The highest BCUT2D eigenvalue weighted by Gasteiger charge is 2.40. The van der Waals surface area contributed by atoms with E-state index in [-0.39, 0.29) is 0 Å². The van der Waals surface area contributed by atoms with Crippen LogP contribution in [0.15, 0.2) is 115 Å². The molecule has 0 bridgehead atoms. The van der Waals surface area contributed by atoms with E-state index in [1.807, 2.05) is 18.2 Å². The minimum atomic E-state index is -4.45. The molecule has 0 aliphatic carbocycles. The van der Waals surface area contributed by atoms with Gasteiger partial charge in [-0.15, -0.1) is 0 Å². The molecule has 0 radical (unpaired) electrons. The number of hydrogen-bond donors (Lipinski definition) is 0. The molecular formula is C32H19F6OP.